The number of carbonyl (C=O) groups excluding carboxylic acids is 1. The van der Waals surface area contributed by atoms with Crippen LogP contribution in [0.3, 0.4) is 0 Å². The van der Waals surface area contributed by atoms with Crippen LogP contribution in [0.1, 0.15) is 32.1 Å². The standard InChI is InChI=1S/C20H30N2O4S/c23-20(9-12-26-19-7-2-1-3-8-19)21-18-6-4-5-17(15-18)16-22-10-13-27(24,25)14-11-22/h1-3,7-8,17-18H,4-6,9-16H2,(H,21,23)/t17-,18-/m1/s1. The highest BCUT2D eigenvalue weighted by Gasteiger charge is 2.27. The van der Waals surface area contributed by atoms with Gasteiger partial charge in [-0.05, 0) is 37.3 Å². The minimum Gasteiger partial charge on any atom is -0.493 e. The van der Waals surface area contributed by atoms with Crippen LogP contribution in [0.15, 0.2) is 30.3 Å². The summed E-state index contributed by atoms with van der Waals surface area (Å²) in [6.07, 6.45) is 4.64. The molecular formula is C20H30N2O4S. The van der Waals surface area contributed by atoms with Gasteiger partial charge in [0.2, 0.25) is 5.91 Å². The molecule has 1 aliphatic heterocycles. The van der Waals surface area contributed by atoms with Gasteiger partial charge in [-0.1, -0.05) is 24.6 Å². The maximum absolute atomic E-state index is 12.2. The van der Waals surface area contributed by atoms with Crippen LogP contribution in [-0.4, -0.2) is 63.0 Å². The van der Waals surface area contributed by atoms with Crippen molar-refractivity contribution in [3.05, 3.63) is 30.3 Å². The number of hydrogen-bond donors (Lipinski definition) is 1. The van der Waals surface area contributed by atoms with Crippen molar-refractivity contribution in [3.8, 4) is 5.75 Å². The molecule has 6 nitrogen and oxygen atoms in total. The summed E-state index contributed by atoms with van der Waals surface area (Å²) >= 11 is 0. The zero-order chi connectivity index (χ0) is 19.1. The van der Waals surface area contributed by atoms with Gasteiger partial charge in [-0.2, -0.15) is 0 Å². The summed E-state index contributed by atoms with van der Waals surface area (Å²) < 4.78 is 28.7. The van der Waals surface area contributed by atoms with E-state index < -0.39 is 9.84 Å². The Morgan fingerprint density at radius 1 is 1.15 bits per heavy atom. The van der Waals surface area contributed by atoms with Gasteiger partial charge in [0.25, 0.3) is 0 Å². The Kier molecular flexibility index (Phi) is 7.13. The molecule has 1 saturated carbocycles. The Hall–Kier alpha value is -1.60. The summed E-state index contributed by atoms with van der Waals surface area (Å²) in [6, 6.07) is 9.75. The first kappa shape index (κ1) is 20.1. The SMILES string of the molecule is O=C(CCOc1ccccc1)N[C@@H]1CCC[C@@H](CN2CCS(=O)(=O)CC2)C1. The number of hydrogen-bond acceptors (Lipinski definition) is 5. The minimum atomic E-state index is -2.82. The molecule has 7 heteroatoms. The van der Waals surface area contributed by atoms with Gasteiger partial charge in [-0.25, -0.2) is 8.42 Å². The monoisotopic (exact) mass is 394 g/mol. The average Bonchev–Trinajstić information content (AvgIpc) is 2.65. The van der Waals surface area contributed by atoms with Crippen LogP contribution in [0.2, 0.25) is 0 Å². The molecule has 1 aromatic rings. The summed E-state index contributed by atoms with van der Waals surface area (Å²) in [4.78, 5) is 14.5. The molecule has 2 aliphatic rings. The molecule has 1 amide bonds. The van der Waals surface area contributed by atoms with Gasteiger partial charge in [0.15, 0.2) is 9.84 Å². The van der Waals surface area contributed by atoms with E-state index in [1.807, 2.05) is 30.3 Å². The van der Waals surface area contributed by atoms with Crippen LogP contribution in [0.4, 0.5) is 0 Å². The normalized spacial score (nSPS) is 25.6. The van der Waals surface area contributed by atoms with Crippen molar-refractivity contribution in [1.29, 1.82) is 0 Å². The van der Waals surface area contributed by atoms with Crippen molar-refractivity contribution in [2.75, 3.05) is 37.7 Å². The topological polar surface area (TPSA) is 75.7 Å². The lowest BCUT2D eigenvalue weighted by Gasteiger charge is -2.35. The molecule has 1 aliphatic carbocycles. The molecule has 27 heavy (non-hydrogen) atoms. The van der Waals surface area contributed by atoms with Gasteiger partial charge in [0.05, 0.1) is 24.5 Å². The van der Waals surface area contributed by atoms with Crippen LogP contribution in [-0.2, 0) is 14.6 Å². The summed E-state index contributed by atoms with van der Waals surface area (Å²) in [5.74, 6) is 1.92. The van der Waals surface area contributed by atoms with Crippen molar-refractivity contribution >= 4 is 15.7 Å². The van der Waals surface area contributed by atoms with E-state index in [9.17, 15) is 13.2 Å². The smallest absolute Gasteiger partial charge is 0.223 e. The van der Waals surface area contributed by atoms with E-state index in [2.05, 4.69) is 10.2 Å². The number of sulfone groups is 1. The molecule has 0 bridgehead atoms. The first-order valence-corrected chi connectivity index (χ1v) is 11.7. The third-order valence-electron chi connectivity index (χ3n) is 5.44. The van der Waals surface area contributed by atoms with E-state index in [1.165, 1.54) is 0 Å². The lowest BCUT2D eigenvalue weighted by molar-refractivity contribution is -0.122. The molecule has 150 valence electrons. The van der Waals surface area contributed by atoms with Crippen molar-refractivity contribution in [1.82, 2.24) is 10.2 Å². The van der Waals surface area contributed by atoms with Gasteiger partial charge in [0, 0.05) is 25.7 Å². The molecule has 2 atom stereocenters. The fraction of sp³-hybridized carbons (Fsp3) is 0.650. The first-order valence-electron chi connectivity index (χ1n) is 9.90. The second kappa shape index (κ2) is 9.55. The summed E-state index contributed by atoms with van der Waals surface area (Å²) in [5, 5.41) is 3.15. The largest absolute Gasteiger partial charge is 0.493 e. The number of carbonyl (C=O) groups is 1. The average molecular weight is 395 g/mol. The van der Waals surface area contributed by atoms with Gasteiger partial charge >= 0.3 is 0 Å². The van der Waals surface area contributed by atoms with Crippen molar-refractivity contribution in [2.24, 2.45) is 5.92 Å². The Morgan fingerprint density at radius 3 is 2.63 bits per heavy atom. The lowest BCUT2D eigenvalue weighted by Crippen LogP contribution is -2.45. The second-order valence-corrected chi connectivity index (χ2v) is 9.96. The highest BCUT2D eigenvalue weighted by atomic mass is 32.2. The van der Waals surface area contributed by atoms with Crippen LogP contribution < -0.4 is 10.1 Å². The van der Waals surface area contributed by atoms with E-state index in [0.29, 0.717) is 32.0 Å². The van der Waals surface area contributed by atoms with E-state index >= 15 is 0 Å². The van der Waals surface area contributed by atoms with Crippen molar-refractivity contribution < 1.29 is 17.9 Å². The maximum Gasteiger partial charge on any atom is 0.223 e. The zero-order valence-corrected chi connectivity index (χ0v) is 16.6. The number of benzene rings is 1. The molecule has 1 heterocycles. The lowest BCUT2D eigenvalue weighted by atomic mass is 9.85. The van der Waals surface area contributed by atoms with Crippen molar-refractivity contribution in [3.63, 3.8) is 0 Å². The maximum atomic E-state index is 12.2. The molecule has 2 fully saturated rings. The number of ether oxygens (including phenoxy) is 1. The van der Waals surface area contributed by atoms with Crippen molar-refractivity contribution in [2.45, 2.75) is 38.1 Å². The number of para-hydroxylation sites is 1. The summed E-state index contributed by atoms with van der Waals surface area (Å²) in [5.41, 5.74) is 0. The molecular weight excluding hydrogens is 364 g/mol. The molecule has 0 radical (unpaired) electrons. The molecule has 1 saturated heterocycles. The van der Waals surface area contributed by atoms with Gasteiger partial charge in [0.1, 0.15) is 5.75 Å². The van der Waals surface area contributed by atoms with E-state index in [1.54, 1.807) is 0 Å². The molecule has 0 aromatic heterocycles. The van der Waals surface area contributed by atoms with Gasteiger partial charge in [-0.15, -0.1) is 0 Å². The van der Waals surface area contributed by atoms with Crippen LogP contribution in [0, 0.1) is 5.92 Å². The van der Waals surface area contributed by atoms with E-state index in [-0.39, 0.29) is 23.5 Å². The van der Waals surface area contributed by atoms with E-state index in [4.69, 9.17) is 4.74 Å². The van der Waals surface area contributed by atoms with Gasteiger partial charge in [-0.3, -0.25) is 4.79 Å². The Labute approximate surface area is 162 Å². The molecule has 1 aromatic carbocycles. The predicted molar refractivity (Wildman–Crippen MR) is 106 cm³/mol. The highest BCUT2D eigenvalue weighted by Crippen LogP contribution is 2.25. The number of rotatable bonds is 7. The number of nitrogens with one attached hydrogen (secondary N) is 1. The third-order valence-corrected chi connectivity index (χ3v) is 7.05. The molecule has 0 unspecified atom stereocenters. The van der Waals surface area contributed by atoms with E-state index in [0.717, 1.165) is 38.0 Å². The van der Waals surface area contributed by atoms with Crippen LogP contribution >= 0.6 is 0 Å². The fourth-order valence-corrected chi connectivity index (χ4v) is 5.24. The Balaban J connectivity index is 1.36. The predicted octanol–water partition coefficient (Wildman–Crippen LogP) is 1.86. The quantitative estimate of drug-likeness (QED) is 0.764. The number of amides is 1. The minimum absolute atomic E-state index is 0.0423. The third kappa shape index (κ3) is 6.81. The van der Waals surface area contributed by atoms with Gasteiger partial charge < -0.3 is 15.0 Å². The molecule has 1 N–H and O–H groups in total. The second-order valence-electron chi connectivity index (χ2n) is 7.66. The highest BCUT2D eigenvalue weighted by molar-refractivity contribution is 7.91. The Morgan fingerprint density at radius 2 is 1.89 bits per heavy atom. The molecule has 3 rings (SSSR count). The molecule has 0 spiro atoms. The first-order chi connectivity index (χ1) is 13.0. The van der Waals surface area contributed by atoms with Crippen LogP contribution in [0.25, 0.3) is 0 Å². The van der Waals surface area contributed by atoms with Crippen LogP contribution in [0.5, 0.6) is 5.75 Å². The number of nitrogens with zero attached hydrogens (tertiary/aromatic N) is 1. The summed E-state index contributed by atoms with van der Waals surface area (Å²) in [7, 11) is -2.82. The zero-order valence-electron chi connectivity index (χ0n) is 15.8. The fourth-order valence-electron chi connectivity index (χ4n) is 3.96. The Bertz CT molecular complexity index is 694. The summed E-state index contributed by atoms with van der Waals surface area (Å²) in [6.45, 7) is 2.62.